The molecule has 1 saturated heterocycles. The smallest absolute Gasteiger partial charge is 0.232 e. The van der Waals surface area contributed by atoms with Crippen LogP contribution in [0.15, 0.2) is 0 Å². The minimum atomic E-state index is -0.0839. The molecule has 0 aliphatic carbocycles. The zero-order valence-corrected chi connectivity index (χ0v) is 18.6. The lowest BCUT2D eigenvalue weighted by Crippen LogP contribution is -2.31. The first-order chi connectivity index (χ1) is 13.5. The summed E-state index contributed by atoms with van der Waals surface area (Å²) in [7, 11) is 0. The molecule has 1 aliphatic rings. The van der Waals surface area contributed by atoms with Gasteiger partial charge in [-0.15, -0.1) is 0 Å². The predicted molar refractivity (Wildman–Crippen MR) is 115 cm³/mol. The predicted octanol–water partition coefficient (Wildman–Crippen LogP) is 6.07. The Morgan fingerprint density at radius 1 is 0.929 bits per heavy atom. The van der Waals surface area contributed by atoms with Crippen LogP contribution < -0.4 is 0 Å². The highest BCUT2D eigenvalue weighted by Crippen LogP contribution is 2.25. The first-order valence-corrected chi connectivity index (χ1v) is 11.9. The van der Waals surface area contributed by atoms with E-state index in [4.69, 9.17) is 0 Å². The Labute approximate surface area is 172 Å². The number of imide groups is 1. The molecule has 1 aliphatic heterocycles. The molecule has 4 heteroatoms. The van der Waals surface area contributed by atoms with E-state index < -0.39 is 0 Å². The van der Waals surface area contributed by atoms with Crippen LogP contribution in [0.1, 0.15) is 117 Å². The molecule has 0 N–H and O–H groups in total. The van der Waals surface area contributed by atoms with Gasteiger partial charge in [-0.2, -0.15) is 0 Å². The standard InChI is InChI=1S/C24H43NO3/c1-4-7-9-12-16-21-19-23(27)25(24(21)28)18-14-10-13-17-22(26)20(6-3)15-11-8-5-2/h20-21H,4-19H2,1-3H3. The van der Waals surface area contributed by atoms with Crippen LogP contribution in [0.25, 0.3) is 0 Å². The van der Waals surface area contributed by atoms with Gasteiger partial charge in [0.2, 0.25) is 11.8 Å². The van der Waals surface area contributed by atoms with E-state index in [0.717, 1.165) is 57.8 Å². The molecule has 0 spiro atoms. The zero-order chi connectivity index (χ0) is 20.8. The first kappa shape index (κ1) is 24.8. The number of rotatable bonds is 17. The van der Waals surface area contributed by atoms with Crippen LogP contribution in [0.4, 0.5) is 0 Å². The number of carbonyl (C=O) groups is 3. The Balaban J connectivity index is 2.21. The van der Waals surface area contributed by atoms with Crippen LogP contribution in [0.3, 0.4) is 0 Å². The normalized spacial score (nSPS) is 18.1. The maximum atomic E-state index is 12.5. The van der Waals surface area contributed by atoms with Gasteiger partial charge in [0.1, 0.15) is 5.78 Å². The summed E-state index contributed by atoms with van der Waals surface area (Å²) >= 11 is 0. The van der Waals surface area contributed by atoms with E-state index in [9.17, 15) is 14.4 Å². The lowest BCUT2D eigenvalue weighted by atomic mass is 9.91. The average molecular weight is 394 g/mol. The Morgan fingerprint density at radius 3 is 2.29 bits per heavy atom. The molecule has 162 valence electrons. The molecular weight excluding hydrogens is 350 g/mol. The van der Waals surface area contributed by atoms with Gasteiger partial charge in [-0.3, -0.25) is 19.3 Å². The molecule has 2 unspecified atom stereocenters. The van der Waals surface area contributed by atoms with Crippen molar-refractivity contribution in [1.82, 2.24) is 4.90 Å². The lowest BCUT2D eigenvalue weighted by molar-refractivity contribution is -0.139. The zero-order valence-electron chi connectivity index (χ0n) is 18.6. The Hall–Kier alpha value is -1.19. The minimum Gasteiger partial charge on any atom is -0.299 e. The number of unbranched alkanes of at least 4 members (excludes halogenated alkanes) is 7. The van der Waals surface area contributed by atoms with Crippen molar-refractivity contribution in [2.75, 3.05) is 6.54 Å². The van der Waals surface area contributed by atoms with Gasteiger partial charge in [-0.05, 0) is 32.1 Å². The number of Topliss-reactive ketones (excluding diaryl/α,β-unsaturated/α-hetero) is 1. The maximum absolute atomic E-state index is 12.5. The largest absolute Gasteiger partial charge is 0.299 e. The minimum absolute atomic E-state index is 0.00328. The number of amides is 2. The molecule has 2 atom stereocenters. The summed E-state index contributed by atoms with van der Waals surface area (Å²) in [5, 5.41) is 0. The van der Waals surface area contributed by atoms with E-state index in [2.05, 4.69) is 20.8 Å². The third-order valence-corrected chi connectivity index (χ3v) is 6.15. The van der Waals surface area contributed by atoms with Crippen molar-refractivity contribution in [3.8, 4) is 0 Å². The fourth-order valence-electron chi connectivity index (χ4n) is 4.21. The Morgan fingerprint density at radius 2 is 1.61 bits per heavy atom. The second-order valence-electron chi connectivity index (χ2n) is 8.51. The third kappa shape index (κ3) is 8.87. The summed E-state index contributed by atoms with van der Waals surface area (Å²) in [5.41, 5.74) is 0. The fourth-order valence-corrected chi connectivity index (χ4v) is 4.21. The van der Waals surface area contributed by atoms with Crippen LogP contribution in [0.2, 0.25) is 0 Å². The van der Waals surface area contributed by atoms with E-state index in [0.29, 0.717) is 25.2 Å². The second kappa shape index (κ2) is 14.8. The van der Waals surface area contributed by atoms with Gasteiger partial charge in [-0.25, -0.2) is 0 Å². The molecule has 28 heavy (non-hydrogen) atoms. The van der Waals surface area contributed by atoms with Crippen molar-refractivity contribution >= 4 is 17.6 Å². The van der Waals surface area contributed by atoms with Crippen LogP contribution in [-0.2, 0) is 14.4 Å². The van der Waals surface area contributed by atoms with Gasteiger partial charge in [0.05, 0.1) is 0 Å². The molecule has 0 aromatic carbocycles. The molecule has 0 aromatic rings. The summed E-state index contributed by atoms with van der Waals surface area (Å²) in [6, 6.07) is 0. The molecule has 1 rings (SSSR count). The van der Waals surface area contributed by atoms with Crippen molar-refractivity contribution in [3.05, 3.63) is 0 Å². The summed E-state index contributed by atoms with van der Waals surface area (Å²) in [5.74, 6) is 0.586. The number of likely N-dealkylation sites (tertiary alicyclic amines) is 1. The van der Waals surface area contributed by atoms with Crippen LogP contribution in [-0.4, -0.2) is 29.0 Å². The van der Waals surface area contributed by atoms with Crippen molar-refractivity contribution in [2.24, 2.45) is 11.8 Å². The third-order valence-electron chi connectivity index (χ3n) is 6.15. The molecule has 0 aromatic heterocycles. The number of hydrogen-bond donors (Lipinski definition) is 0. The van der Waals surface area contributed by atoms with Crippen molar-refractivity contribution in [3.63, 3.8) is 0 Å². The summed E-state index contributed by atoms with van der Waals surface area (Å²) in [6.45, 7) is 7.00. The fraction of sp³-hybridized carbons (Fsp3) is 0.875. The van der Waals surface area contributed by atoms with Gasteiger partial charge < -0.3 is 0 Å². The van der Waals surface area contributed by atoms with E-state index in [1.165, 1.54) is 30.6 Å². The summed E-state index contributed by atoms with van der Waals surface area (Å²) < 4.78 is 0. The topological polar surface area (TPSA) is 54.5 Å². The van der Waals surface area contributed by atoms with Gasteiger partial charge >= 0.3 is 0 Å². The van der Waals surface area contributed by atoms with Crippen LogP contribution in [0, 0.1) is 11.8 Å². The van der Waals surface area contributed by atoms with E-state index in [1.54, 1.807) is 0 Å². The Kier molecular flexibility index (Phi) is 13.1. The van der Waals surface area contributed by atoms with Crippen LogP contribution in [0.5, 0.6) is 0 Å². The van der Waals surface area contributed by atoms with Gasteiger partial charge in [0.25, 0.3) is 0 Å². The Bertz CT molecular complexity index is 474. The highest BCUT2D eigenvalue weighted by molar-refractivity contribution is 6.03. The van der Waals surface area contributed by atoms with Gasteiger partial charge in [0, 0.05) is 31.2 Å². The van der Waals surface area contributed by atoms with Crippen molar-refractivity contribution in [2.45, 2.75) is 117 Å². The number of nitrogens with zero attached hydrogens (tertiary/aromatic N) is 1. The molecule has 2 amide bonds. The van der Waals surface area contributed by atoms with Crippen LogP contribution >= 0.6 is 0 Å². The molecular formula is C24H43NO3. The number of ketones is 1. The van der Waals surface area contributed by atoms with E-state index in [1.807, 2.05) is 0 Å². The highest BCUT2D eigenvalue weighted by Gasteiger charge is 2.37. The maximum Gasteiger partial charge on any atom is 0.232 e. The SMILES string of the molecule is CCCCCCC1CC(=O)N(CCCCCC(=O)C(CC)CCCCC)C1=O. The highest BCUT2D eigenvalue weighted by atomic mass is 16.2. The van der Waals surface area contributed by atoms with Gasteiger partial charge in [-0.1, -0.05) is 72.1 Å². The van der Waals surface area contributed by atoms with Crippen molar-refractivity contribution in [1.29, 1.82) is 0 Å². The summed E-state index contributed by atoms with van der Waals surface area (Å²) in [6.07, 6.45) is 14.6. The number of hydrogen-bond acceptors (Lipinski definition) is 3. The molecule has 0 radical (unpaired) electrons. The quantitative estimate of drug-likeness (QED) is 0.223. The van der Waals surface area contributed by atoms with E-state index >= 15 is 0 Å². The molecule has 1 fully saturated rings. The van der Waals surface area contributed by atoms with Gasteiger partial charge in [0.15, 0.2) is 0 Å². The number of carbonyl (C=O) groups excluding carboxylic acids is 3. The van der Waals surface area contributed by atoms with Crippen molar-refractivity contribution < 1.29 is 14.4 Å². The molecule has 1 heterocycles. The summed E-state index contributed by atoms with van der Waals surface area (Å²) in [4.78, 5) is 38.5. The lowest BCUT2D eigenvalue weighted by Gasteiger charge is -2.15. The molecule has 0 saturated carbocycles. The molecule has 4 nitrogen and oxygen atoms in total. The van der Waals surface area contributed by atoms with E-state index in [-0.39, 0.29) is 23.7 Å². The monoisotopic (exact) mass is 393 g/mol. The molecule has 0 bridgehead atoms. The average Bonchev–Trinajstić information content (AvgIpc) is 2.95. The second-order valence-corrected chi connectivity index (χ2v) is 8.51. The first-order valence-electron chi connectivity index (χ1n) is 11.9.